The molecule has 3 N–H and O–H groups in total. The molecular formula is C19H22ClFN4O4. The molecule has 0 fully saturated rings. The number of ketones is 1. The zero-order chi connectivity index (χ0) is 21.8. The summed E-state index contributed by atoms with van der Waals surface area (Å²) in [6.45, 7) is 6.50. The molecule has 10 heteroatoms. The van der Waals surface area contributed by atoms with Crippen LogP contribution >= 0.6 is 11.6 Å². The minimum Gasteiger partial charge on any atom is -0.444 e. The van der Waals surface area contributed by atoms with E-state index in [0.717, 1.165) is 6.07 Å². The second kappa shape index (κ2) is 9.04. The second-order valence-corrected chi connectivity index (χ2v) is 7.73. The Morgan fingerprint density at radius 2 is 1.97 bits per heavy atom. The lowest BCUT2D eigenvalue weighted by molar-refractivity contribution is -0.120. The maximum absolute atomic E-state index is 14.5. The number of nitrogens with zero attached hydrogens (tertiary/aromatic N) is 1. The van der Waals surface area contributed by atoms with Crippen molar-refractivity contribution in [2.75, 3.05) is 5.32 Å². The summed E-state index contributed by atoms with van der Waals surface area (Å²) in [4.78, 5) is 37.0. The normalized spacial score (nSPS) is 12.2. The van der Waals surface area contributed by atoms with Crippen LogP contribution in [0.25, 0.3) is 0 Å². The van der Waals surface area contributed by atoms with Gasteiger partial charge in [0.25, 0.3) is 5.91 Å². The molecular weight excluding hydrogens is 403 g/mol. The number of Topliss-reactive ketones (excluding diaryl/α,β-unsaturated/α-hetero) is 1. The third-order valence-electron chi connectivity index (χ3n) is 3.75. The molecule has 1 atom stereocenters. The summed E-state index contributed by atoms with van der Waals surface area (Å²) in [7, 11) is 0. The molecule has 2 amide bonds. The van der Waals surface area contributed by atoms with Crippen LogP contribution in [0.3, 0.4) is 0 Å². The number of carbonyl (C=O) groups excluding carboxylic acids is 3. The number of carbonyl (C=O) groups is 3. The first-order valence-corrected chi connectivity index (χ1v) is 9.15. The Morgan fingerprint density at radius 3 is 2.55 bits per heavy atom. The van der Waals surface area contributed by atoms with Gasteiger partial charge in [-0.1, -0.05) is 11.6 Å². The molecule has 0 bridgehead atoms. The highest BCUT2D eigenvalue weighted by atomic mass is 35.5. The summed E-state index contributed by atoms with van der Waals surface area (Å²) < 4.78 is 19.6. The fraction of sp³-hybridized carbons (Fsp3) is 0.368. The van der Waals surface area contributed by atoms with Crippen molar-refractivity contribution in [1.82, 2.24) is 15.5 Å². The number of ether oxygens (including phenoxy) is 1. The number of alkyl carbamates (subject to hydrolysis) is 1. The first-order chi connectivity index (χ1) is 13.5. The van der Waals surface area contributed by atoms with E-state index in [1.165, 1.54) is 25.3 Å². The lowest BCUT2D eigenvalue weighted by atomic mass is 9.98. The highest BCUT2D eigenvalue weighted by molar-refractivity contribution is 6.34. The van der Waals surface area contributed by atoms with Crippen LogP contribution in [0.15, 0.2) is 24.4 Å². The predicted molar refractivity (Wildman–Crippen MR) is 105 cm³/mol. The number of hydrogen-bond acceptors (Lipinski definition) is 5. The van der Waals surface area contributed by atoms with Gasteiger partial charge >= 0.3 is 6.09 Å². The standard InChI is InChI=1S/C19H22ClFN4O4/c1-10(23-18(28)29-19(2,3)4)14(26)9-11-13(21)6-5-12(20)16(11)17(27)24-15-7-8-22-25-15/h5-8,10H,9H2,1-4H3,(H,23,28)(H2,22,24,25,27)/t10-/m0/s1. The van der Waals surface area contributed by atoms with Crippen LogP contribution in [-0.4, -0.2) is 39.6 Å². The Bertz CT molecular complexity index is 910. The molecule has 1 aromatic heterocycles. The van der Waals surface area contributed by atoms with Gasteiger partial charge in [-0.15, -0.1) is 0 Å². The third kappa shape index (κ3) is 6.28. The van der Waals surface area contributed by atoms with E-state index in [0.29, 0.717) is 0 Å². The molecule has 0 aliphatic heterocycles. The highest BCUT2D eigenvalue weighted by Gasteiger charge is 2.26. The molecule has 0 spiro atoms. The van der Waals surface area contributed by atoms with Gasteiger partial charge < -0.3 is 15.4 Å². The maximum Gasteiger partial charge on any atom is 0.408 e. The Kier molecular flexibility index (Phi) is 6.97. The molecule has 0 unspecified atom stereocenters. The lowest BCUT2D eigenvalue weighted by Crippen LogP contribution is -2.42. The van der Waals surface area contributed by atoms with Gasteiger partial charge in [0.2, 0.25) is 0 Å². The van der Waals surface area contributed by atoms with Crippen molar-refractivity contribution >= 4 is 35.2 Å². The lowest BCUT2D eigenvalue weighted by Gasteiger charge is -2.21. The maximum atomic E-state index is 14.5. The van der Waals surface area contributed by atoms with Gasteiger partial charge in [0.15, 0.2) is 5.78 Å². The van der Waals surface area contributed by atoms with Crippen molar-refractivity contribution in [3.63, 3.8) is 0 Å². The van der Waals surface area contributed by atoms with Crippen molar-refractivity contribution in [3.8, 4) is 0 Å². The smallest absolute Gasteiger partial charge is 0.408 e. The zero-order valence-corrected chi connectivity index (χ0v) is 17.2. The summed E-state index contributed by atoms with van der Waals surface area (Å²) >= 11 is 6.10. The van der Waals surface area contributed by atoms with Gasteiger partial charge in [-0.2, -0.15) is 5.10 Å². The number of hydrogen-bond donors (Lipinski definition) is 3. The van der Waals surface area contributed by atoms with Gasteiger partial charge in [0, 0.05) is 18.1 Å². The van der Waals surface area contributed by atoms with Crippen molar-refractivity contribution in [2.45, 2.75) is 45.8 Å². The van der Waals surface area contributed by atoms with Crippen LogP contribution in [0.4, 0.5) is 15.0 Å². The van der Waals surface area contributed by atoms with E-state index in [2.05, 4.69) is 20.8 Å². The summed E-state index contributed by atoms with van der Waals surface area (Å²) in [5, 5.41) is 11.1. The molecule has 0 aliphatic carbocycles. The van der Waals surface area contributed by atoms with Gasteiger partial charge in [0.1, 0.15) is 17.2 Å². The van der Waals surface area contributed by atoms with Crippen molar-refractivity contribution in [3.05, 3.63) is 46.4 Å². The number of aromatic nitrogens is 2. The van der Waals surface area contributed by atoms with Gasteiger partial charge in [-0.25, -0.2) is 9.18 Å². The first-order valence-electron chi connectivity index (χ1n) is 8.77. The Balaban J connectivity index is 2.19. The Morgan fingerprint density at radius 1 is 1.28 bits per heavy atom. The van der Waals surface area contributed by atoms with Crippen LogP contribution in [-0.2, 0) is 16.0 Å². The number of halogens is 2. The number of anilines is 1. The molecule has 0 aliphatic rings. The molecule has 29 heavy (non-hydrogen) atoms. The molecule has 1 aromatic carbocycles. The largest absolute Gasteiger partial charge is 0.444 e. The topological polar surface area (TPSA) is 113 Å². The number of benzene rings is 1. The molecule has 2 aromatic rings. The van der Waals surface area contributed by atoms with Crippen molar-refractivity contribution < 1.29 is 23.5 Å². The number of amides is 2. The van der Waals surface area contributed by atoms with Crippen molar-refractivity contribution in [1.29, 1.82) is 0 Å². The summed E-state index contributed by atoms with van der Waals surface area (Å²) in [5.41, 5.74) is -1.07. The van der Waals surface area contributed by atoms with E-state index in [-0.39, 0.29) is 22.0 Å². The summed E-state index contributed by atoms with van der Waals surface area (Å²) in [5.74, 6) is -1.70. The van der Waals surface area contributed by atoms with E-state index in [1.807, 2.05) is 0 Å². The Hall–Kier alpha value is -2.94. The molecule has 8 nitrogen and oxygen atoms in total. The molecule has 0 saturated heterocycles. The molecule has 0 saturated carbocycles. The van der Waals surface area contributed by atoms with Crippen LogP contribution in [0.5, 0.6) is 0 Å². The van der Waals surface area contributed by atoms with Crippen LogP contribution < -0.4 is 10.6 Å². The number of aromatic amines is 1. The molecule has 1 heterocycles. The SMILES string of the molecule is C[C@H](NC(=O)OC(C)(C)C)C(=O)Cc1c(F)ccc(Cl)c1C(=O)Nc1ccn[nH]1. The van der Waals surface area contributed by atoms with E-state index in [9.17, 15) is 18.8 Å². The highest BCUT2D eigenvalue weighted by Crippen LogP contribution is 2.25. The fourth-order valence-electron chi connectivity index (χ4n) is 2.41. The fourth-order valence-corrected chi connectivity index (χ4v) is 2.68. The van der Waals surface area contributed by atoms with Gasteiger partial charge in [0.05, 0.1) is 22.8 Å². The van der Waals surface area contributed by atoms with Gasteiger partial charge in [-0.05, 0) is 39.8 Å². The first kappa shape index (κ1) is 22.4. The van der Waals surface area contributed by atoms with Crippen LogP contribution in [0, 0.1) is 5.82 Å². The monoisotopic (exact) mass is 424 g/mol. The van der Waals surface area contributed by atoms with Crippen molar-refractivity contribution in [2.24, 2.45) is 0 Å². The third-order valence-corrected chi connectivity index (χ3v) is 4.06. The second-order valence-electron chi connectivity index (χ2n) is 7.32. The van der Waals surface area contributed by atoms with E-state index >= 15 is 0 Å². The summed E-state index contributed by atoms with van der Waals surface area (Å²) in [6.07, 6.45) is 0.203. The van der Waals surface area contributed by atoms with E-state index < -0.39 is 41.7 Å². The van der Waals surface area contributed by atoms with E-state index in [1.54, 1.807) is 20.8 Å². The molecule has 2 rings (SSSR count). The molecule has 156 valence electrons. The van der Waals surface area contributed by atoms with Crippen LogP contribution in [0.2, 0.25) is 5.02 Å². The number of H-pyrrole nitrogens is 1. The Labute approximate surface area is 172 Å². The average Bonchev–Trinajstić information content (AvgIpc) is 3.09. The van der Waals surface area contributed by atoms with Crippen LogP contribution in [0.1, 0.15) is 43.6 Å². The predicted octanol–water partition coefficient (Wildman–Crippen LogP) is 3.48. The van der Waals surface area contributed by atoms with Gasteiger partial charge in [-0.3, -0.25) is 14.7 Å². The quantitative estimate of drug-likeness (QED) is 0.657. The minimum absolute atomic E-state index is 0.0148. The average molecular weight is 425 g/mol. The summed E-state index contributed by atoms with van der Waals surface area (Å²) in [6, 6.07) is 2.84. The zero-order valence-electron chi connectivity index (χ0n) is 16.4. The number of rotatable bonds is 6. The molecule has 0 radical (unpaired) electrons. The van der Waals surface area contributed by atoms with E-state index in [4.69, 9.17) is 16.3 Å². The minimum atomic E-state index is -0.966. The number of nitrogens with one attached hydrogen (secondary N) is 3.